The van der Waals surface area contributed by atoms with Gasteiger partial charge in [-0.3, -0.25) is 0 Å². The maximum Gasteiger partial charge on any atom is 0.393 e. The smallest absolute Gasteiger partial charge is 0.316 e. The van der Waals surface area contributed by atoms with E-state index in [0.29, 0.717) is 6.42 Å². The van der Waals surface area contributed by atoms with Gasteiger partial charge in [0.05, 0.1) is 5.92 Å². The van der Waals surface area contributed by atoms with Crippen LogP contribution in [0, 0.1) is 5.92 Å². The van der Waals surface area contributed by atoms with Gasteiger partial charge in [0.15, 0.2) is 0 Å². The highest BCUT2D eigenvalue weighted by atomic mass is 19.4. The molecule has 1 rings (SSSR count). The zero-order chi connectivity index (χ0) is 9.61. The molecule has 0 bridgehead atoms. The van der Waals surface area contributed by atoms with E-state index in [1.54, 1.807) is 0 Å². The Morgan fingerprint density at radius 2 is 1.83 bits per heavy atom. The predicted octanol–water partition coefficient (Wildman–Crippen LogP) is 2.57. The second kappa shape index (κ2) is 5.41. The van der Waals surface area contributed by atoms with Crippen LogP contribution < -0.4 is 5.32 Å². The van der Waals surface area contributed by atoms with Crippen LogP contribution in [-0.2, 0) is 0 Å². The van der Waals surface area contributed by atoms with Gasteiger partial charge in [0.2, 0.25) is 0 Å². The minimum atomic E-state index is -3.99. The van der Waals surface area contributed by atoms with Crippen LogP contribution in [0.25, 0.3) is 0 Å². The average Bonchev–Trinajstić information content (AvgIpc) is 2.08. The summed E-state index contributed by atoms with van der Waals surface area (Å²) in [5.74, 6) is -1.11. The highest BCUT2D eigenvalue weighted by Crippen LogP contribution is 2.30. The van der Waals surface area contributed by atoms with Crippen molar-refractivity contribution < 1.29 is 13.2 Å². The maximum absolute atomic E-state index is 11.9. The van der Waals surface area contributed by atoms with Crippen LogP contribution in [0.15, 0.2) is 0 Å². The molecule has 1 aliphatic heterocycles. The number of piperidine rings is 1. The molecule has 0 aromatic carbocycles. The summed E-state index contributed by atoms with van der Waals surface area (Å²) >= 11 is 0. The molecule has 0 saturated carbocycles. The zero-order valence-corrected chi connectivity index (χ0v) is 7.54. The second-order valence-electron chi connectivity index (χ2n) is 2.58. The lowest BCUT2D eigenvalue weighted by Crippen LogP contribution is -2.38. The number of hydrogen-bond donors (Lipinski definition) is 1. The van der Waals surface area contributed by atoms with Crippen molar-refractivity contribution in [2.24, 2.45) is 5.92 Å². The average molecular weight is 183 g/mol. The van der Waals surface area contributed by atoms with Crippen molar-refractivity contribution in [2.75, 3.05) is 13.1 Å². The van der Waals surface area contributed by atoms with E-state index in [4.69, 9.17) is 0 Å². The lowest BCUT2D eigenvalue weighted by atomic mass is 9.99. The van der Waals surface area contributed by atoms with E-state index in [9.17, 15) is 13.2 Å². The Hall–Kier alpha value is -0.250. The standard InChI is InChI=1S/C6H10F3N.C2H6/c7-6(8,9)5-2-1-3-10-4-5;1-2/h5,10H,1-4H2;1-2H3/t5-;/m1./s1. The summed E-state index contributed by atoms with van der Waals surface area (Å²) in [6, 6.07) is 0. The van der Waals surface area contributed by atoms with Gasteiger partial charge in [0, 0.05) is 6.54 Å². The highest BCUT2D eigenvalue weighted by Gasteiger charge is 2.39. The fraction of sp³-hybridized carbons (Fsp3) is 1.00. The van der Waals surface area contributed by atoms with Gasteiger partial charge in [0.1, 0.15) is 0 Å². The Morgan fingerprint density at radius 3 is 2.08 bits per heavy atom. The van der Waals surface area contributed by atoms with Gasteiger partial charge in [-0.2, -0.15) is 13.2 Å². The fourth-order valence-corrected chi connectivity index (χ4v) is 1.13. The van der Waals surface area contributed by atoms with Gasteiger partial charge < -0.3 is 5.32 Å². The molecule has 4 heteroatoms. The summed E-state index contributed by atoms with van der Waals surface area (Å²) in [7, 11) is 0. The highest BCUT2D eigenvalue weighted by molar-refractivity contribution is 4.74. The molecule has 1 N–H and O–H groups in total. The van der Waals surface area contributed by atoms with Crippen LogP contribution >= 0.6 is 0 Å². The topological polar surface area (TPSA) is 12.0 Å². The predicted molar refractivity (Wildman–Crippen MR) is 43.0 cm³/mol. The van der Waals surface area contributed by atoms with E-state index in [1.165, 1.54) is 0 Å². The number of rotatable bonds is 0. The molecule has 1 heterocycles. The first-order valence-electron chi connectivity index (χ1n) is 4.38. The molecular formula is C8H16F3N. The Bertz CT molecular complexity index is 105. The molecule has 74 valence electrons. The van der Waals surface area contributed by atoms with Gasteiger partial charge in [-0.1, -0.05) is 13.8 Å². The molecule has 0 aromatic rings. The van der Waals surface area contributed by atoms with Gasteiger partial charge >= 0.3 is 6.18 Å². The van der Waals surface area contributed by atoms with E-state index in [0.717, 1.165) is 6.54 Å². The van der Waals surface area contributed by atoms with Gasteiger partial charge in [-0.25, -0.2) is 0 Å². The largest absolute Gasteiger partial charge is 0.393 e. The molecule has 0 radical (unpaired) electrons. The van der Waals surface area contributed by atoms with Gasteiger partial charge in [-0.15, -0.1) is 0 Å². The molecule has 1 nitrogen and oxygen atoms in total. The Kier molecular flexibility index (Phi) is 5.29. The van der Waals surface area contributed by atoms with E-state index in [1.807, 2.05) is 13.8 Å². The van der Waals surface area contributed by atoms with Crippen LogP contribution in [0.1, 0.15) is 26.7 Å². The summed E-state index contributed by atoms with van der Waals surface area (Å²) in [6.45, 7) is 4.83. The summed E-state index contributed by atoms with van der Waals surface area (Å²) < 4.78 is 35.7. The van der Waals surface area contributed by atoms with Crippen LogP contribution in [-0.4, -0.2) is 19.3 Å². The van der Waals surface area contributed by atoms with Crippen molar-refractivity contribution >= 4 is 0 Å². The second-order valence-corrected chi connectivity index (χ2v) is 2.58. The molecule has 0 aliphatic carbocycles. The first-order chi connectivity index (χ1) is 5.61. The van der Waals surface area contributed by atoms with Gasteiger partial charge in [-0.05, 0) is 19.4 Å². The molecule has 0 aromatic heterocycles. The van der Waals surface area contributed by atoms with Crippen molar-refractivity contribution in [1.29, 1.82) is 0 Å². The van der Waals surface area contributed by atoms with E-state index in [2.05, 4.69) is 5.32 Å². The summed E-state index contributed by atoms with van der Waals surface area (Å²) in [6.07, 6.45) is -3.06. The first-order valence-corrected chi connectivity index (χ1v) is 4.38. The van der Waals surface area contributed by atoms with Crippen molar-refractivity contribution in [2.45, 2.75) is 32.9 Å². The summed E-state index contributed by atoms with van der Waals surface area (Å²) in [5.41, 5.74) is 0. The molecular weight excluding hydrogens is 167 g/mol. The van der Waals surface area contributed by atoms with E-state index in [-0.39, 0.29) is 13.0 Å². The van der Waals surface area contributed by atoms with Crippen molar-refractivity contribution in [3.63, 3.8) is 0 Å². The normalized spacial score (nSPS) is 24.2. The number of halogens is 3. The van der Waals surface area contributed by atoms with Crippen molar-refractivity contribution in [1.82, 2.24) is 5.32 Å². The lowest BCUT2D eigenvalue weighted by molar-refractivity contribution is -0.177. The molecule has 0 spiro atoms. The molecule has 1 saturated heterocycles. The fourth-order valence-electron chi connectivity index (χ4n) is 1.13. The van der Waals surface area contributed by atoms with E-state index >= 15 is 0 Å². The zero-order valence-electron chi connectivity index (χ0n) is 7.54. The van der Waals surface area contributed by atoms with Crippen molar-refractivity contribution in [3.8, 4) is 0 Å². The van der Waals surface area contributed by atoms with Crippen LogP contribution in [0.2, 0.25) is 0 Å². The summed E-state index contributed by atoms with van der Waals surface area (Å²) in [4.78, 5) is 0. The molecule has 0 unspecified atom stereocenters. The number of alkyl halides is 3. The number of hydrogen-bond acceptors (Lipinski definition) is 1. The minimum Gasteiger partial charge on any atom is -0.316 e. The molecule has 1 aliphatic rings. The lowest BCUT2D eigenvalue weighted by Gasteiger charge is -2.24. The SMILES string of the molecule is CC.FC(F)(F)[C@@H]1CCCNC1. The third-order valence-corrected chi connectivity index (χ3v) is 1.76. The Morgan fingerprint density at radius 1 is 1.25 bits per heavy atom. The minimum absolute atomic E-state index is 0.101. The first kappa shape index (κ1) is 11.8. The Balaban J connectivity index is 0.000000561. The third kappa shape index (κ3) is 3.95. The van der Waals surface area contributed by atoms with Crippen LogP contribution in [0.5, 0.6) is 0 Å². The monoisotopic (exact) mass is 183 g/mol. The van der Waals surface area contributed by atoms with Crippen LogP contribution in [0.4, 0.5) is 13.2 Å². The summed E-state index contributed by atoms with van der Waals surface area (Å²) in [5, 5.41) is 2.72. The molecule has 1 fully saturated rings. The third-order valence-electron chi connectivity index (χ3n) is 1.76. The quantitative estimate of drug-likeness (QED) is 0.608. The van der Waals surface area contributed by atoms with Gasteiger partial charge in [0.25, 0.3) is 0 Å². The molecule has 1 atom stereocenters. The maximum atomic E-state index is 11.9. The Labute approximate surface area is 71.3 Å². The molecule has 0 amide bonds. The number of nitrogens with one attached hydrogen (secondary N) is 1. The van der Waals surface area contributed by atoms with Crippen LogP contribution in [0.3, 0.4) is 0 Å². The van der Waals surface area contributed by atoms with E-state index < -0.39 is 12.1 Å². The van der Waals surface area contributed by atoms with Crippen molar-refractivity contribution in [3.05, 3.63) is 0 Å². The molecule has 12 heavy (non-hydrogen) atoms.